The zero-order valence-corrected chi connectivity index (χ0v) is 28.4. The smallest absolute Gasteiger partial charge is 0.192 e. The van der Waals surface area contributed by atoms with E-state index >= 15 is 0 Å². The normalized spacial score (nSPS) is 19.5. The molecule has 0 saturated heterocycles. The van der Waals surface area contributed by atoms with Crippen molar-refractivity contribution in [1.82, 2.24) is 0 Å². The van der Waals surface area contributed by atoms with Crippen LogP contribution in [0.25, 0.3) is 0 Å². The average Bonchev–Trinajstić information content (AvgIpc) is 2.68. The van der Waals surface area contributed by atoms with E-state index in [1.54, 1.807) is 0 Å². The standard InChI is InChI=1S/C30H61NO3Si2/c1-16-17-27(33-35(12,13)29(6,7)8)24(4)19-22(2)18-23(3)20-25(5)28(26(32)21-31)34-36(14,15)30(9,10)11/h16,22-28,32H,1,17-20H2,2-15H3/t22-,23+,24-,25-,26?,27-,28+/m0/s1. The molecule has 0 aliphatic carbocycles. The first kappa shape index (κ1) is 35.5. The number of hydrogen-bond donors (Lipinski definition) is 1. The highest BCUT2D eigenvalue weighted by molar-refractivity contribution is 6.74. The van der Waals surface area contributed by atoms with Crippen LogP contribution in [-0.4, -0.2) is 40.1 Å². The molecule has 7 atom stereocenters. The summed E-state index contributed by atoms with van der Waals surface area (Å²) in [4.78, 5) is 0. The largest absolute Gasteiger partial charge is 0.413 e. The number of nitriles is 1. The minimum absolute atomic E-state index is 0.0326. The van der Waals surface area contributed by atoms with E-state index in [1.165, 1.54) is 0 Å². The Morgan fingerprint density at radius 1 is 0.806 bits per heavy atom. The number of hydrogen-bond acceptors (Lipinski definition) is 4. The van der Waals surface area contributed by atoms with Gasteiger partial charge < -0.3 is 14.0 Å². The lowest BCUT2D eigenvalue weighted by molar-refractivity contribution is 0.0178. The summed E-state index contributed by atoms with van der Waals surface area (Å²) in [5.41, 5.74) is 0. The Bertz CT molecular complexity index is 702. The minimum atomic E-state index is -2.10. The summed E-state index contributed by atoms with van der Waals surface area (Å²) in [6.45, 7) is 35.6. The summed E-state index contributed by atoms with van der Waals surface area (Å²) >= 11 is 0. The molecule has 0 heterocycles. The van der Waals surface area contributed by atoms with Crippen molar-refractivity contribution in [2.45, 2.75) is 149 Å². The SMILES string of the molecule is C=CC[C@H](O[Si](C)(C)C(C)(C)C)[C@@H](C)C[C@@H](C)C[C@@H](C)C[C@H](C)[C@@H](O[Si](C)(C)C(C)(C)C)C(O)C#N. The predicted octanol–water partition coefficient (Wildman–Crippen LogP) is 8.94. The third kappa shape index (κ3) is 11.1. The Balaban J connectivity index is 5.22. The van der Waals surface area contributed by atoms with Crippen LogP contribution in [0.5, 0.6) is 0 Å². The van der Waals surface area contributed by atoms with Crippen LogP contribution in [0.2, 0.25) is 36.3 Å². The number of nitrogens with zero attached hydrogens (tertiary/aromatic N) is 1. The first-order chi connectivity index (χ1) is 16.1. The van der Waals surface area contributed by atoms with Crippen molar-refractivity contribution in [2.24, 2.45) is 23.7 Å². The summed E-state index contributed by atoms with van der Waals surface area (Å²) in [6.07, 6.45) is 4.76. The topological polar surface area (TPSA) is 62.5 Å². The number of rotatable bonds is 15. The van der Waals surface area contributed by atoms with Crippen molar-refractivity contribution in [2.75, 3.05) is 0 Å². The molecule has 0 aromatic rings. The van der Waals surface area contributed by atoms with Gasteiger partial charge in [0.2, 0.25) is 0 Å². The van der Waals surface area contributed by atoms with Crippen LogP contribution in [0.3, 0.4) is 0 Å². The third-order valence-corrected chi connectivity index (χ3v) is 17.9. The molecule has 0 aliphatic heterocycles. The molecule has 1 N–H and O–H groups in total. The maximum Gasteiger partial charge on any atom is 0.192 e. The van der Waals surface area contributed by atoms with Crippen LogP contribution >= 0.6 is 0 Å². The fourth-order valence-corrected chi connectivity index (χ4v) is 7.47. The zero-order valence-electron chi connectivity index (χ0n) is 26.4. The van der Waals surface area contributed by atoms with E-state index < -0.39 is 28.8 Å². The fraction of sp³-hybridized carbons (Fsp3) is 0.900. The van der Waals surface area contributed by atoms with Gasteiger partial charge in [0.15, 0.2) is 22.7 Å². The molecule has 0 aliphatic rings. The molecular weight excluding hydrogens is 479 g/mol. The number of aliphatic hydroxyl groups is 1. The van der Waals surface area contributed by atoms with E-state index in [1.807, 2.05) is 12.1 Å². The molecule has 212 valence electrons. The van der Waals surface area contributed by atoms with Crippen LogP contribution in [0.15, 0.2) is 12.7 Å². The molecule has 0 radical (unpaired) electrons. The van der Waals surface area contributed by atoms with Gasteiger partial charge in [-0.2, -0.15) is 5.26 Å². The van der Waals surface area contributed by atoms with Gasteiger partial charge in [0.1, 0.15) is 0 Å². The molecule has 0 amide bonds. The van der Waals surface area contributed by atoms with Crippen molar-refractivity contribution in [1.29, 1.82) is 5.26 Å². The molecule has 0 fully saturated rings. The second-order valence-electron chi connectivity index (χ2n) is 14.7. The highest BCUT2D eigenvalue weighted by Crippen LogP contribution is 2.41. The summed E-state index contributed by atoms with van der Waals surface area (Å²) < 4.78 is 13.4. The maximum absolute atomic E-state index is 10.5. The molecule has 0 spiro atoms. The van der Waals surface area contributed by atoms with E-state index in [0.29, 0.717) is 17.8 Å². The van der Waals surface area contributed by atoms with Gasteiger partial charge in [-0.3, -0.25) is 0 Å². The van der Waals surface area contributed by atoms with Gasteiger partial charge in [-0.15, -0.1) is 6.58 Å². The number of aliphatic hydroxyl groups excluding tert-OH is 1. The predicted molar refractivity (Wildman–Crippen MR) is 161 cm³/mol. The summed E-state index contributed by atoms with van der Waals surface area (Å²) in [6, 6.07) is 2.05. The maximum atomic E-state index is 10.5. The van der Waals surface area contributed by atoms with Gasteiger partial charge in [-0.1, -0.05) is 75.3 Å². The molecule has 0 aromatic heterocycles. The van der Waals surface area contributed by atoms with Crippen LogP contribution in [0.4, 0.5) is 0 Å². The van der Waals surface area contributed by atoms with Crippen molar-refractivity contribution in [3.8, 4) is 6.07 Å². The second kappa shape index (κ2) is 14.1. The fourth-order valence-electron chi connectivity index (χ4n) is 4.63. The monoisotopic (exact) mass is 539 g/mol. The molecule has 1 unspecified atom stereocenters. The zero-order chi connectivity index (χ0) is 28.7. The molecular formula is C30H61NO3Si2. The highest BCUT2D eigenvalue weighted by atomic mass is 28.4. The van der Waals surface area contributed by atoms with E-state index in [0.717, 1.165) is 25.7 Å². The van der Waals surface area contributed by atoms with Gasteiger partial charge in [0.25, 0.3) is 0 Å². The van der Waals surface area contributed by atoms with Gasteiger partial charge in [0.05, 0.1) is 18.3 Å². The molecule has 4 nitrogen and oxygen atoms in total. The Labute approximate surface area is 227 Å². The van der Waals surface area contributed by atoms with E-state index in [4.69, 9.17) is 8.85 Å². The molecule has 36 heavy (non-hydrogen) atoms. The summed E-state index contributed by atoms with van der Waals surface area (Å²) in [5.74, 6) is 1.63. The first-order valence-electron chi connectivity index (χ1n) is 14.1. The van der Waals surface area contributed by atoms with E-state index in [-0.39, 0.29) is 22.1 Å². The Morgan fingerprint density at radius 2 is 1.22 bits per heavy atom. The lowest BCUT2D eigenvalue weighted by Gasteiger charge is -2.42. The molecule has 0 rings (SSSR count). The lowest BCUT2D eigenvalue weighted by atomic mass is 9.82. The second-order valence-corrected chi connectivity index (χ2v) is 24.2. The van der Waals surface area contributed by atoms with E-state index in [2.05, 4.69) is 102 Å². The molecule has 0 aromatic carbocycles. The van der Waals surface area contributed by atoms with Crippen LogP contribution in [0, 0.1) is 35.0 Å². The van der Waals surface area contributed by atoms with Gasteiger partial charge in [0, 0.05) is 0 Å². The lowest BCUT2D eigenvalue weighted by Crippen LogP contribution is -2.49. The highest BCUT2D eigenvalue weighted by Gasteiger charge is 2.42. The van der Waals surface area contributed by atoms with E-state index in [9.17, 15) is 10.4 Å². The molecule has 6 heteroatoms. The molecule has 0 bridgehead atoms. The minimum Gasteiger partial charge on any atom is -0.413 e. The van der Waals surface area contributed by atoms with Crippen molar-refractivity contribution in [3.63, 3.8) is 0 Å². The summed E-state index contributed by atoms with van der Waals surface area (Å²) in [5, 5.41) is 20.2. The van der Waals surface area contributed by atoms with Crippen molar-refractivity contribution < 1.29 is 14.0 Å². The Hall–Kier alpha value is -0.456. The average molecular weight is 540 g/mol. The quantitative estimate of drug-likeness (QED) is 0.128. The Morgan fingerprint density at radius 3 is 1.61 bits per heavy atom. The van der Waals surface area contributed by atoms with Gasteiger partial charge in [-0.05, 0) is 85.6 Å². The first-order valence-corrected chi connectivity index (χ1v) is 20.0. The Kier molecular flexibility index (Phi) is 13.9. The van der Waals surface area contributed by atoms with Crippen LogP contribution < -0.4 is 0 Å². The van der Waals surface area contributed by atoms with Crippen LogP contribution in [0.1, 0.15) is 94.9 Å². The van der Waals surface area contributed by atoms with Crippen molar-refractivity contribution >= 4 is 16.6 Å². The van der Waals surface area contributed by atoms with Gasteiger partial charge >= 0.3 is 0 Å². The van der Waals surface area contributed by atoms with Crippen LogP contribution in [-0.2, 0) is 8.85 Å². The van der Waals surface area contributed by atoms with Gasteiger partial charge in [-0.25, -0.2) is 0 Å². The molecule has 0 saturated carbocycles. The van der Waals surface area contributed by atoms with Crippen molar-refractivity contribution in [3.05, 3.63) is 12.7 Å². The third-order valence-electron chi connectivity index (χ3n) is 8.88. The summed E-state index contributed by atoms with van der Waals surface area (Å²) in [7, 11) is -3.94.